The molecule has 0 aliphatic carbocycles. The first-order valence-corrected chi connectivity index (χ1v) is 6.25. The standard InChI is InChI=1S/C12H19F2NO4/c1-18-10(16)2-3-11(17)19-9-8-15-6-4-12(13,14)5-7-15/h2-9H2,1H3. The van der Waals surface area contributed by atoms with Crippen LogP contribution in [0.1, 0.15) is 25.7 Å². The Bertz CT molecular complexity index is 313. The summed E-state index contributed by atoms with van der Waals surface area (Å²) in [6.07, 6.45) is -0.331. The summed E-state index contributed by atoms with van der Waals surface area (Å²) < 4.78 is 35.1. The van der Waals surface area contributed by atoms with Crippen molar-refractivity contribution in [2.24, 2.45) is 0 Å². The normalized spacial score (nSPS) is 18.9. The molecule has 0 aromatic heterocycles. The summed E-state index contributed by atoms with van der Waals surface area (Å²) in [6, 6.07) is 0. The van der Waals surface area contributed by atoms with Crippen LogP contribution in [-0.4, -0.2) is 56.1 Å². The molecule has 5 nitrogen and oxygen atoms in total. The highest BCUT2D eigenvalue weighted by Gasteiger charge is 2.33. The van der Waals surface area contributed by atoms with E-state index in [1.807, 2.05) is 4.90 Å². The molecule has 0 aromatic rings. The third-order valence-electron chi connectivity index (χ3n) is 3.02. The van der Waals surface area contributed by atoms with Gasteiger partial charge in [0.2, 0.25) is 0 Å². The number of rotatable bonds is 6. The second kappa shape index (κ2) is 7.37. The summed E-state index contributed by atoms with van der Waals surface area (Å²) in [5, 5.41) is 0. The van der Waals surface area contributed by atoms with Crippen molar-refractivity contribution in [1.82, 2.24) is 4.90 Å². The molecule has 0 atom stereocenters. The van der Waals surface area contributed by atoms with Gasteiger partial charge in [-0.25, -0.2) is 8.78 Å². The highest BCUT2D eigenvalue weighted by atomic mass is 19.3. The number of alkyl halides is 2. The van der Waals surface area contributed by atoms with Gasteiger partial charge in [0.1, 0.15) is 6.61 Å². The molecule has 1 aliphatic rings. The number of hydrogen-bond acceptors (Lipinski definition) is 5. The van der Waals surface area contributed by atoms with E-state index in [1.54, 1.807) is 0 Å². The average molecular weight is 279 g/mol. The monoisotopic (exact) mass is 279 g/mol. The number of hydrogen-bond donors (Lipinski definition) is 0. The molecule has 7 heteroatoms. The number of nitrogens with zero attached hydrogens (tertiary/aromatic N) is 1. The predicted octanol–water partition coefficient (Wildman–Crippen LogP) is 1.21. The van der Waals surface area contributed by atoms with Gasteiger partial charge >= 0.3 is 11.9 Å². The maximum atomic E-state index is 12.9. The van der Waals surface area contributed by atoms with Gasteiger partial charge in [-0.2, -0.15) is 0 Å². The number of methoxy groups -OCH3 is 1. The number of carbonyl (C=O) groups excluding carboxylic acids is 2. The highest BCUT2D eigenvalue weighted by molar-refractivity contribution is 5.77. The first-order chi connectivity index (χ1) is 8.93. The fourth-order valence-electron chi connectivity index (χ4n) is 1.77. The molecule has 0 amide bonds. The van der Waals surface area contributed by atoms with Gasteiger partial charge < -0.3 is 9.47 Å². The second-order valence-corrected chi connectivity index (χ2v) is 4.49. The molecule has 1 rings (SSSR count). The molecule has 1 aliphatic heterocycles. The molecule has 0 radical (unpaired) electrons. The van der Waals surface area contributed by atoms with Crippen LogP contribution in [0.15, 0.2) is 0 Å². The smallest absolute Gasteiger partial charge is 0.306 e. The van der Waals surface area contributed by atoms with Crippen LogP contribution in [0.4, 0.5) is 8.78 Å². The largest absolute Gasteiger partial charge is 0.469 e. The maximum absolute atomic E-state index is 12.9. The Labute approximate surface area is 110 Å². The highest BCUT2D eigenvalue weighted by Crippen LogP contribution is 2.27. The molecule has 1 fully saturated rings. The summed E-state index contributed by atoms with van der Waals surface area (Å²) in [6.45, 7) is 1.23. The molecule has 19 heavy (non-hydrogen) atoms. The summed E-state index contributed by atoms with van der Waals surface area (Å²) >= 11 is 0. The van der Waals surface area contributed by atoms with Gasteiger partial charge in [-0.3, -0.25) is 14.5 Å². The fraction of sp³-hybridized carbons (Fsp3) is 0.833. The average Bonchev–Trinajstić information content (AvgIpc) is 2.38. The Balaban J connectivity index is 2.07. The van der Waals surface area contributed by atoms with Crippen molar-refractivity contribution in [2.75, 3.05) is 33.4 Å². The van der Waals surface area contributed by atoms with Crippen LogP contribution in [0.3, 0.4) is 0 Å². The topological polar surface area (TPSA) is 55.8 Å². The van der Waals surface area contributed by atoms with Crippen LogP contribution in [0.5, 0.6) is 0 Å². The van der Waals surface area contributed by atoms with Crippen molar-refractivity contribution in [3.8, 4) is 0 Å². The lowest BCUT2D eigenvalue weighted by Crippen LogP contribution is -2.41. The molecule has 1 heterocycles. The first-order valence-electron chi connectivity index (χ1n) is 6.25. The van der Waals surface area contributed by atoms with Crippen molar-refractivity contribution in [2.45, 2.75) is 31.6 Å². The van der Waals surface area contributed by atoms with E-state index in [0.29, 0.717) is 19.6 Å². The van der Waals surface area contributed by atoms with E-state index in [-0.39, 0.29) is 32.3 Å². The SMILES string of the molecule is COC(=O)CCC(=O)OCCN1CCC(F)(F)CC1. The molecule has 0 N–H and O–H groups in total. The molecule has 0 aromatic carbocycles. The van der Waals surface area contributed by atoms with Crippen LogP contribution in [0.2, 0.25) is 0 Å². The summed E-state index contributed by atoms with van der Waals surface area (Å²) in [5.74, 6) is -3.50. The van der Waals surface area contributed by atoms with E-state index in [0.717, 1.165) is 0 Å². The molecule has 0 bridgehead atoms. The van der Waals surface area contributed by atoms with E-state index in [2.05, 4.69) is 4.74 Å². The summed E-state index contributed by atoms with van der Waals surface area (Å²) in [4.78, 5) is 23.9. The molecule has 0 saturated carbocycles. The lowest BCUT2D eigenvalue weighted by atomic mass is 10.1. The van der Waals surface area contributed by atoms with Gasteiger partial charge in [0, 0.05) is 32.5 Å². The van der Waals surface area contributed by atoms with Gasteiger partial charge in [-0.15, -0.1) is 0 Å². The van der Waals surface area contributed by atoms with Crippen LogP contribution in [0, 0.1) is 0 Å². The lowest BCUT2D eigenvalue weighted by molar-refractivity contribution is -0.149. The maximum Gasteiger partial charge on any atom is 0.306 e. The van der Waals surface area contributed by atoms with E-state index in [1.165, 1.54) is 7.11 Å². The van der Waals surface area contributed by atoms with E-state index >= 15 is 0 Å². The Hall–Kier alpha value is -1.24. The van der Waals surface area contributed by atoms with Crippen molar-refractivity contribution >= 4 is 11.9 Å². The van der Waals surface area contributed by atoms with Gasteiger partial charge in [0.05, 0.1) is 20.0 Å². The lowest BCUT2D eigenvalue weighted by Gasteiger charge is -2.31. The molecular weight excluding hydrogens is 260 g/mol. The van der Waals surface area contributed by atoms with Gasteiger partial charge in [0.25, 0.3) is 5.92 Å². The van der Waals surface area contributed by atoms with Gasteiger partial charge in [-0.1, -0.05) is 0 Å². The van der Waals surface area contributed by atoms with Crippen molar-refractivity contribution in [1.29, 1.82) is 0 Å². The van der Waals surface area contributed by atoms with Gasteiger partial charge in [0.15, 0.2) is 0 Å². The van der Waals surface area contributed by atoms with Crippen LogP contribution < -0.4 is 0 Å². The number of ether oxygens (including phenoxy) is 2. The first kappa shape index (κ1) is 15.8. The minimum Gasteiger partial charge on any atom is -0.469 e. The minimum absolute atomic E-state index is 0.00866. The zero-order chi connectivity index (χ0) is 14.3. The molecular formula is C12H19F2NO4. The minimum atomic E-state index is -2.56. The fourth-order valence-corrected chi connectivity index (χ4v) is 1.77. The Morgan fingerprint density at radius 1 is 1.16 bits per heavy atom. The number of piperidine rings is 1. The van der Waals surface area contributed by atoms with Crippen LogP contribution >= 0.6 is 0 Å². The van der Waals surface area contributed by atoms with E-state index in [9.17, 15) is 18.4 Å². The zero-order valence-corrected chi connectivity index (χ0v) is 11.0. The van der Waals surface area contributed by atoms with Crippen molar-refractivity contribution < 1.29 is 27.8 Å². The van der Waals surface area contributed by atoms with Crippen molar-refractivity contribution in [3.63, 3.8) is 0 Å². The number of halogens is 2. The Morgan fingerprint density at radius 2 is 1.74 bits per heavy atom. The second-order valence-electron chi connectivity index (χ2n) is 4.49. The molecule has 110 valence electrons. The van der Waals surface area contributed by atoms with Crippen LogP contribution in [0.25, 0.3) is 0 Å². The van der Waals surface area contributed by atoms with Crippen LogP contribution in [-0.2, 0) is 19.1 Å². The number of esters is 2. The van der Waals surface area contributed by atoms with Gasteiger partial charge in [-0.05, 0) is 0 Å². The molecule has 0 spiro atoms. The quantitative estimate of drug-likeness (QED) is 0.684. The Kier molecular flexibility index (Phi) is 6.14. The third-order valence-corrected chi connectivity index (χ3v) is 3.02. The van der Waals surface area contributed by atoms with E-state index < -0.39 is 17.9 Å². The van der Waals surface area contributed by atoms with E-state index in [4.69, 9.17) is 4.74 Å². The molecule has 0 unspecified atom stereocenters. The third kappa shape index (κ3) is 6.47. The predicted molar refractivity (Wildman–Crippen MR) is 62.8 cm³/mol. The van der Waals surface area contributed by atoms with Crippen molar-refractivity contribution in [3.05, 3.63) is 0 Å². The number of likely N-dealkylation sites (tertiary alicyclic amines) is 1. The summed E-state index contributed by atoms with van der Waals surface area (Å²) in [7, 11) is 1.25. The number of carbonyl (C=O) groups is 2. The summed E-state index contributed by atoms with van der Waals surface area (Å²) in [5.41, 5.74) is 0. The zero-order valence-electron chi connectivity index (χ0n) is 11.0. The molecule has 1 saturated heterocycles. The Morgan fingerprint density at radius 3 is 2.32 bits per heavy atom.